The van der Waals surface area contributed by atoms with Gasteiger partial charge in [-0.05, 0) is 31.9 Å². The Kier molecular flexibility index (Phi) is 6.53. The van der Waals surface area contributed by atoms with Gasteiger partial charge in [0.15, 0.2) is 6.10 Å². The average Bonchev–Trinajstić information content (AvgIpc) is 3.37. The topological polar surface area (TPSA) is 128 Å². The molecule has 2 atom stereocenters. The highest BCUT2D eigenvalue weighted by Gasteiger charge is 2.40. The molecule has 162 valence electrons. The molecule has 30 heavy (non-hydrogen) atoms. The highest BCUT2D eigenvalue weighted by Crippen LogP contribution is 2.31. The number of carbonyl (C=O) groups excluding carboxylic acids is 3. The monoisotopic (exact) mass is 419 g/mol. The van der Waals surface area contributed by atoms with Crippen LogP contribution in [0, 0.1) is 16.0 Å². The maximum absolute atomic E-state index is 12.5. The summed E-state index contributed by atoms with van der Waals surface area (Å²) in [5.41, 5.74) is -0.369. The predicted molar refractivity (Wildman–Crippen MR) is 106 cm³/mol. The van der Waals surface area contributed by atoms with Crippen molar-refractivity contribution in [2.75, 3.05) is 19.0 Å². The number of nitro groups is 1. The van der Waals surface area contributed by atoms with Crippen LogP contribution in [-0.4, -0.2) is 53.4 Å². The second-order valence-corrected chi connectivity index (χ2v) is 7.59. The third-order valence-corrected chi connectivity index (χ3v) is 5.58. The first-order valence-electron chi connectivity index (χ1n) is 9.93. The zero-order valence-corrected chi connectivity index (χ0v) is 17.0. The van der Waals surface area contributed by atoms with Crippen LogP contribution >= 0.6 is 0 Å². The molecule has 0 aromatic heterocycles. The van der Waals surface area contributed by atoms with E-state index in [4.69, 9.17) is 9.47 Å². The molecular weight excluding hydrogens is 394 g/mol. The maximum Gasteiger partial charge on any atom is 0.312 e. The molecule has 0 unspecified atom stereocenters. The van der Waals surface area contributed by atoms with E-state index in [0.717, 1.165) is 25.7 Å². The van der Waals surface area contributed by atoms with E-state index in [1.54, 1.807) is 4.90 Å². The number of benzene rings is 1. The van der Waals surface area contributed by atoms with Gasteiger partial charge < -0.3 is 19.7 Å². The second-order valence-electron chi connectivity index (χ2n) is 7.59. The Labute approximate surface area is 173 Å². The minimum Gasteiger partial charge on any atom is -0.496 e. The standard InChI is InChI=1S/C20H25N3O7/c1-12(19(25)21-16-8-7-15(29-2)10-17(16)23(27)28)30-20(26)13-9-18(24)22(11-13)14-5-3-4-6-14/h7-8,10,12-14H,3-6,9,11H2,1-2H3,(H,21,25)/t12-,13-/m1/s1. The van der Waals surface area contributed by atoms with Crippen molar-refractivity contribution in [2.45, 2.75) is 51.2 Å². The maximum atomic E-state index is 12.5. The lowest BCUT2D eigenvalue weighted by Gasteiger charge is -2.24. The van der Waals surface area contributed by atoms with Crippen molar-refractivity contribution in [1.29, 1.82) is 0 Å². The average molecular weight is 419 g/mol. The minimum absolute atomic E-state index is 0.0304. The number of methoxy groups -OCH3 is 1. The summed E-state index contributed by atoms with van der Waals surface area (Å²) in [7, 11) is 1.38. The number of hydrogen-bond donors (Lipinski definition) is 1. The van der Waals surface area contributed by atoms with Crippen molar-refractivity contribution < 1.29 is 28.8 Å². The zero-order chi connectivity index (χ0) is 21.8. The fourth-order valence-corrected chi connectivity index (χ4v) is 3.91. The van der Waals surface area contributed by atoms with Gasteiger partial charge in [0.25, 0.3) is 11.6 Å². The molecule has 10 heteroatoms. The Morgan fingerprint density at radius 3 is 2.63 bits per heavy atom. The number of anilines is 1. The predicted octanol–water partition coefficient (Wildman–Crippen LogP) is 2.26. The lowest BCUT2D eigenvalue weighted by Crippen LogP contribution is -2.36. The van der Waals surface area contributed by atoms with Crippen LogP contribution in [0.4, 0.5) is 11.4 Å². The number of carbonyl (C=O) groups is 3. The number of nitrogens with zero attached hydrogens (tertiary/aromatic N) is 2. The lowest BCUT2D eigenvalue weighted by molar-refractivity contribution is -0.384. The smallest absolute Gasteiger partial charge is 0.312 e. The van der Waals surface area contributed by atoms with Crippen LogP contribution in [-0.2, 0) is 19.1 Å². The van der Waals surface area contributed by atoms with E-state index in [9.17, 15) is 24.5 Å². The SMILES string of the molecule is COc1ccc(NC(=O)[C@@H](C)OC(=O)[C@@H]2CC(=O)N(C3CCCC3)C2)c([N+](=O)[O-])c1. The Morgan fingerprint density at radius 1 is 1.30 bits per heavy atom. The van der Waals surface area contributed by atoms with E-state index < -0.39 is 28.8 Å². The summed E-state index contributed by atoms with van der Waals surface area (Å²) in [6.45, 7) is 1.69. The van der Waals surface area contributed by atoms with Crippen LogP contribution < -0.4 is 10.1 Å². The molecule has 1 aliphatic carbocycles. The third kappa shape index (κ3) is 4.69. The number of likely N-dealkylation sites (tertiary alicyclic amines) is 1. The summed E-state index contributed by atoms with van der Waals surface area (Å²) >= 11 is 0. The largest absolute Gasteiger partial charge is 0.496 e. The highest BCUT2D eigenvalue weighted by atomic mass is 16.6. The van der Waals surface area contributed by atoms with Crippen molar-refractivity contribution in [2.24, 2.45) is 5.92 Å². The third-order valence-electron chi connectivity index (χ3n) is 5.58. The molecule has 3 rings (SSSR count). The molecule has 10 nitrogen and oxygen atoms in total. The van der Waals surface area contributed by atoms with E-state index in [1.165, 1.54) is 32.2 Å². The fourth-order valence-electron chi connectivity index (χ4n) is 3.91. The van der Waals surface area contributed by atoms with Gasteiger partial charge in [-0.25, -0.2) is 0 Å². The van der Waals surface area contributed by atoms with Gasteiger partial charge in [0, 0.05) is 19.0 Å². The summed E-state index contributed by atoms with van der Waals surface area (Å²) in [6.07, 6.45) is 2.97. The van der Waals surface area contributed by atoms with Crippen molar-refractivity contribution in [3.8, 4) is 5.75 Å². The van der Waals surface area contributed by atoms with Crippen LogP contribution in [0.25, 0.3) is 0 Å². The van der Waals surface area contributed by atoms with Gasteiger partial charge in [-0.1, -0.05) is 12.8 Å². The molecule has 1 aromatic carbocycles. The van der Waals surface area contributed by atoms with Gasteiger partial charge >= 0.3 is 5.97 Å². The molecule has 1 aliphatic heterocycles. The van der Waals surface area contributed by atoms with E-state index >= 15 is 0 Å². The molecule has 2 amide bonds. The van der Waals surface area contributed by atoms with Crippen LogP contribution in [0.5, 0.6) is 5.75 Å². The molecule has 0 radical (unpaired) electrons. The first kappa shape index (κ1) is 21.5. The Hall–Kier alpha value is -3.17. The highest BCUT2D eigenvalue weighted by molar-refractivity contribution is 5.97. The van der Waals surface area contributed by atoms with E-state index in [-0.39, 0.29) is 35.5 Å². The van der Waals surface area contributed by atoms with Gasteiger partial charge in [0.1, 0.15) is 11.4 Å². The summed E-state index contributed by atoms with van der Waals surface area (Å²) in [5.74, 6) is -1.71. The molecule has 1 saturated carbocycles. The molecular formula is C20H25N3O7. The van der Waals surface area contributed by atoms with E-state index in [1.807, 2.05) is 0 Å². The number of ether oxygens (including phenoxy) is 2. The summed E-state index contributed by atoms with van der Waals surface area (Å²) in [5, 5.41) is 13.7. The first-order chi connectivity index (χ1) is 14.3. The van der Waals surface area contributed by atoms with Crippen LogP contribution in [0.15, 0.2) is 18.2 Å². The molecule has 0 spiro atoms. The summed E-state index contributed by atoms with van der Waals surface area (Å²) in [4.78, 5) is 49.5. The second kappa shape index (κ2) is 9.10. The number of hydrogen-bond acceptors (Lipinski definition) is 7. The Morgan fingerprint density at radius 2 is 2.00 bits per heavy atom. The van der Waals surface area contributed by atoms with Gasteiger partial charge in [0.2, 0.25) is 5.91 Å². The van der Waals surface area contributed by atoms with Crippen molar-refractivity contribution in [1.82, 2.24) is 4.90 Å². The van der Waals surface area contributed by atoms with Crippen LogP contribution in [0.3, 0.4) is 0 Å². The number of nitro benzene ring substituents is 1. The number of esters is 1. The Bertz CT molecular complexity index is 851. The molecule has 1 heterocycles. The van der Waals surface area contributed by atoms with Crippen molar-refractivity contribution in [3.63, 3.8) is 0 Å². The normalized spacial score (nSPS) is 20.1. The van der Waals surface area contributed by atoms with E-state index in [0.29, 0.717) is 6.54 Å². The van der Waals surface area contributed by atoms with Gasteiger partial charge in [0.05, 0.1) is 24.0 Å². The molecule has 0 bridgehead atoms. The molecule has 1 aromatic rings. The molecule has 2 aliphatic rings. The number of nitrogens with one attached hydrogen (secondary N) is 1. The summed E-state index contributed by atoms with van der Waals surface area (Å²) in [6, 6.07) is 4.19. The molecule has 2 fully saturated rings. The van der Waals surface area contributed by atoms with Gasteiger partial charge in [-0.2, -0.15) is 0 Å². The zero-order valence-electron chi connectivity index (χ0n) is 17.0. The number of rotatable bonds is 7. The quantitative estimate of drug-likeness (QED) is 0.408. The van der Waals surface area contributed by atoms with Crippen LogP contribution in [0.2, 0.25) is 0 Å². The first-order valence-corrected chi connectivity index (χ1v) is 9.93. The van der Waals surface area contributed by atoms with Crippen molar-refractivity contribution in [3.05, 3.63) is 28.3 Å². The molecule has 1 saturated heterocycles. The lowest BCUT2D eigenvalue weighted by atomic mass is 10.1. The van der Waals surface area contributed by atoms with E-state index in [2.05, 4.69) is 5.32 Å². The Balaban J connectivity index is 1.59. The van der Waals surface area contributed by atoms with Crippen LogP contribution in [0.1, 0.15) is 39.0 Å². The summed E-state index contributed by atoms with van der Waals surface area (Å²) < 4.78 is 10.2. The fraction of sp³-hybridized carbons (Fsp3) is 0.550. The minimum atomic E-state index is -1.17. The number of amides is 2. The molecule has 1 N–H and O–H groups in total. The van der Waals surface area contributed by atoms with Gasteiger partial charge in [-0.15, -0.1) is 0 Å². The van der Waals surface area contributed by atoms with Gasteiger partial charge in [-0.3, -0.25) is 24.5 Å². The van der Waals surface area contributed by atoms with Crippen molar-refractivity contribution >= 4 is 29.2 Å².